The molecule has 1 aromatic heterocycles. The van der Waals surface area contributed by atoms with Crippen LogP contribution in [-0.4, -0.2) is 25.9 Å². The molecule has 5 nitrogen and oxygen atoms in total. The van der Waals surface area contributed by atoms with Crippen LogP contribution in [0, 0.1) is 0 Å². The summed E-state index contributed by atoms with van der Waals surface area (Å²) in [6.45, 7) is 1.76. The summed E-state index contributed by atoms with van der Waals surface area (Å²) in [4.78, 5) is 11.4. The Kier molecular flexibility index (Phi) is 4.43. The van der Waals surface area contributed by atoms with Crippen molar-refractivity contribution in [2.24, 2.45) is 5.73 Å². The molecule has 1 heterocycles. The van der Waals surface area contributed by atoms with E-state index >= 15 is 0 Å². The van der Waals surface area contributed by atoms with Crippen LogP contribution in [0.3, 0.4) is 0 Å². The third kappa shape index (κ3) is 3.27. The first kappa shape index (κ1) is 15.3. The molecule has 0 saturated heterocycles. The fraction of sp³-hybridized carbons (Fsp3) is 0.118. The van der Waals surface area contributed by atoms with Crippen molar-refractivity contribution in [3.05, 3.63) is 60.7 Å². The molecule has 0 aliphatic carbocycles. The van der Waals surface area contributed by atoms with Crippen LogP contribution in [0.25, 0.3) is 17.1 Å². The Hall–Kier alpha value is -2.60. The highest BCUT2D eigenvalue weighted by Gasteiger charge is 2.20. The predicted molar refractivity (Wildman–Crippen MR) is 91.3 cm³/mol. The Bertz CT molecular complexity index is 802. The molecule has 3 aromatic rings. The van der Waals surface area contributed by atoms with E-state index in [-0.39, 0.29) is 11.2 Å². The summed E-state index contributed by atoms with van der Waals surface area (Å²) in [5.74, 6) is 0.356. The van der Waals surface area contributed by atoms with Crippen LogP contribution in [0.1, 0.15) is 6.92 Å². The summed E-state index contributed by atoms with van der Waals surface area (Å²) in [6.07, 6.45) is 0. The number of carbonyl (C=O) groups excluding carboxylic acids is 1. The van der Waals surface area contributed by atoms with Crippen molar-refractivity contribution in [3.8, 4) is 17.1 Å². The fourth-order valence-electron chi connectivity index (χ4n) is 2.15. The molecule has 0 radical (unpaired) electrons. The van der Waals surface area contributed by atoms with Gasteiger partial charge in [-0.05, 0) is 19.1 Å². The smallest absolute Gasteiger partial charge is 0.230 e. The molecule has 2 aromatic carbocycles. The second-order valence-corrected chi connectivity index (χ2v) is 6.31. The number of primary amides is 1. The number of rotatable bonds is 5. The van der Waals surface area contributed by atoms with E-state index in [4.69, 9.17) is 5.73 Å². The van der Waals surface area contributed by atoms with Crippen LogP contribution in [0.4, 0.5) is 0 Å². The van der Waals surface area contributed by atoms with Crippen LogP contribution < -0.4 is 5.73 Å². The lowest BCUT2D eigenvalue weighted by Crippen LogP contribution is -2.23. The molecule has 0 bridgehead atoms. The van der Waals surface area contributed by atoms with Gasteiger partial charge in [-0.3, -0.25) is 9.36 Å². The maximum Gasteiger partial charge on any atom is 0.230 e. The van der Waals surface area contributed by atoms with Gasteiger partial charge in [0.05, 0.1) is 5.25 Å². The van der Waals surface area contributed by atoms with E-state index in [1.54, 1.807) is 6.92 Å². The number of nitrogens with zero attached hydrogens (tertiary/aromatic N) is 3. The molecule has 0 spiro atoms. The van der Waals surface area contributed by atoms with Crippen LogP contribution >= 0.6 is 11.8 Å². The molecule has 23 heavy (non-hydrogen) atoms. The highest BCUT2D eigenvalue weighted by Crippen LogP contribution is 2.29. The number of thioether (sulfide) groups is 1. The molecule has 2 N–H and O–H groups in total. The van der Waals surface area contributed by atoms with Crippen LogP contribution in [0.15, 0.2) is 65.8 Å². The van der Waals surface area contributed by atoms with Crippen molar-refractivity contribution >= 4 is 17.7 Å². The molecular formula is C17H16N4OS. The zero-order valence-electron chi connectivity index (χ0n) is 12.6. The summed E-state index contributed by atoms with van der Waals surface area (Å²) in [7, 11) is 0. The Morgan fingerprint density at radius 3 is 2.26 bits per heavy atom. The summed E-state index contributed by atoms with van der Waals surface area (Å²) >= 11 is 1.30. The zero-order chi connectivity index (χ0) is 16.2. The van der Waals surface area contributed by atoms with Gasteiger partial charge in [-0.15, -0.1) is 10.2 Å². The van der Waals surface area contributed by atoms with Gasteiger partial charge in [-0.1, -0.05) is 60.3 Å². The standard InChI is InChI=1S/C17H16N4OS/c1-12(15(18)22)23-17-20-19-16(13-8-4-2-5-9-13)21(17)14-10-6-3-7-11-14/h2-12H,1H3,(H2,18,22)/t12-/m0/s1. The molecule has 0 saturated carbocycles. The highest BCUT2D eigenvalue weighted by molar-refractivity contribution is 8.00. The maximum atomic E-state index is 11.4. The van der Waals surface area contributed by atoms with Crippen LogP contribution in [-0.2, 0) is 4.79 Å². The molecule has 116 valence electrons. The maximum absolute atomic E-state index is 11.4. The summed E-state index contributed by atoms with van der Waals surface area (Å²) in [5.41, 5.74) is 7.27. The van der Waals surface area contributed by atoms with Gasteiger partial charge in [-0.25, -0.2) is 0 Å². The van der Waals surface area contributed by atoms with Crippen molar-refractivity contribution in [3.63, 3.8) is 0 Å². The second kappa shape index (κ2) is 6.66. The molecule has 0 unspecified atom stereocenters. The Morgan fingerprint density at radius 2 is 1.65 bits per heavy atom. The number of benzene rings is 2. The van der Waals surface area contributed by atoms with Gasteiger partial charge in [-0.2, -0.15) is 0 Å². The number of carbonyl (C=O) groups is 1. The largest absolute Gasteiger partial charge is 0.369 e. The minimum atomic E-state index is -0.384. The van der Waals surface area contributed by atoms with Crippen molar-refractivity contribution < 1.29 is 4.79 Å². The lowest BCUT2D eigenvalue weighted by molar-refractivity contribution is -0.117. The first-order chi connectivity index (χ1) is 11.2. The minimum absolute atomic E-state index is 0.376. The zero-order valence-corrected chi connectivity index (χ0v) is 13.4. The van der Waals surface area contributed by atoms with E-state index in [9.17, 15) is 4.79 Å². The number of nitrogens with two attached hydrogens (primary N) is 1. The number of hydrogen-bond acceptors (Lipinski definition) is 4. The van der Waals surface area contributed by atoms with Crippen LogP contribution in [0.2, 0.25) is 0 Å². The molecule has 6 heteroatoms. The lowest BCUT2D eigenvalue weighted by Gasteiger charge is -2.11. The highest BCUT2D eigenvalue weighted by atomic mass is 32.2. The topological polar surface area (TPSA) is 73.8 Å². The molecule has 1 atom stereocenters. The summed E-state index contributed by atoms with van der Waals surface area (Å²) in [6, 6.07) is 19.7. The third-order valence-electron chi connectivity index (χ3n) is 3.36. The quantitative estimate of drug-likeness (QED) is 0.732. The number of hydrogen-bond donors (Lipinski definition) is 1. The van der Waals surface area contributed by atoms with Crippen molar-refractivity contribution in [1.29, 1.82) is 0 Å². The van der Waals surface area contributed by atoms with Gasteiger partial charge >= 0.3 is 0 Å². The number of aromatic nitrogens is 3. The van der Waals surface area contributed by atoms with Gasteiger partial charge in [0.15, 0.2) is 11.0 Å². The monoisotopic (exact) mass is 324 g/mol. The molecule has 1 amide bonds. The first-order valence-corrected chi connectivity index (χ1v) is 8.07. The average Bonchev–Trinajstić information content (AvgIpc) is 3.00. The minimum Gasteiger partial charge on any atom is -0.369 e. The Labute approximate surface area is 138 Å². The average molecular weight is 324 g/mol. The molecular weight excluding hydrogens is 308 g/mol. The van der Waals surface area contributed by atoms with E-state index in [0.717, 1.165) is 17.1 Å². The summed E-state index contributed by atoms with van der Waals surface area (Å²) in [5, 5.41) is 8.83. The first-order valence-electron chi connectivity index (χ1n) is 7.19. The Morgan fingerprint density at radius 1 is 1.04 bits per heavy atom. The molecule has 0 aliphatic heterocycles. The van der Waals surface area contributed by atoms with Crippen LogP contribution in [0.5, 0.6) is 0 Å². The third-order valence-corrected chi connectivity index (χ3v) is 4.42. The molecule has 0 fully saturated rings. The molecule has 3 rings (SSSR count). The van der Waals surface area contributed by atoms with Gasteiger partial charge in [0.25, 0.3) is 0 Å². The van der Waals surface area contributed by atoms with E-state index in [0.29, 0.717) is 5.16 Å². The van der Waals surface area contributed by atoms with E-state index < -0.39 is 0 Å². The van der Waals surface area contributed by atoms with Gasteiger partial charge in [0.2, 0.25) is 5.91 Å². The molecule has 0 aliphatic rings. The van der Waals surface area contributed by atoms with Gasteiger partial charge in [0, 0.05) is 11.3 Å². The lowest BCUT2D eigenvalue weighted by atomic mass is 10.2. The van der Waals surface area contributed by atoms with E-state index in [1.165, 1.54) is 11.8 Å². The second-order valence-electron chi connectivity index (χ2n) is 5.01. The van der Waals surface area contributed by atoms with Gasteiger partial charge in [0.1, 0.15) is 0 Å². The normalized spacial score (nSPS) is 12.0. The summed E-state index contributed by atoms with van der Waals surface area (Å²) < 4.78 is 1.94. The van der Waals surface area contributed by atoms with Crippen molar-refractivity contribution in [2.45, 2.75) is 17.3 Å². The van der Waals surface area contributed by atoms with Crippen molar-refractivity contribution in [1.82, 2.24) is 14.8 Å². The number of para-hydroxylation sites is 1. The fourth-order valence-corrected chi connectivity index (χ4v) is 2.96. The van der Waals surface area contributed by atoms with Gasteiger partial charge < -0.3 is 5.73 Å². The van der Waals surface area contributed by atoms with E-state index in [1.807, 2.05) is 65.2 Å². The number of amides is 1. The van der Waals surface area contributed by atoms with Crippen molar-refractivity contribution in [2.75, 3.05) is 0 Å². The van der Waals surface area contributed by atoms with E-state index in [2.05, 4.69) is 10.2 Å². The Balaban J connectivity index is 2.11. The predicted octanol–water partition coefficient (Wildman–Crippen LogP) is 2.90. The SMILES string of the molecule is C[C@H](Sc1nnc(-c2ccccc2)n1-c1ccccc1)C(N)=O.